The molecule has 1 heterocycles. The van der Waals surface area contributed by atoms with Gasteiger partial charge in [-0.05, 0) is 24.6 Å². The van der Waals surface area contributed by atoms with Crippen LogP contribution in [0.3, 0.4) is 0 Å². The summed E-state index contributed by atoms with van der Waals surface area (Å²) in [5, 5.41) is 14.6. The van der Waals surface area contributed by atoms with E-state index >= 15 is 0 Å². The number of aryl methyl sites for hydroxylation is 1. The molecule has 2 aromatic rings. The lowest BCUT2D eigenvalue weighted by molar-refractivity contribution is -0.137. The highest BCUT2D eigenvalue weighted by molar-refractivity contribution is 5.95. The largest absolute Gasteiger partial charge is 0.481 e. The van der Waals surface area contributed by atoms with Gasteiger partial charge in [-0.15, -0.1) is 0 Å². The van der Waals surface area contributed by atoms with Gasteiger partial charge in [0.2, 0.25) is 0 Å². The predicted molar refractivity (Wildman–Crippen MR) is 87.5 cm³/mol. The zero-order chi connectivity index (χ0) is 20.2. The van der Waals surface area contributed by atoms with Crippen molar-refractivity contribution in [2.75, 3.05) is 6.54 Å². The van der Waals surface area contributed by atoms with Crippen LogP contribution in [0.15, 0.2) is 24.4 Å². The third-order valence-corrected chi connectivity index (χ3v) is 3.64. The number of hydrogen-bond acceptors (Lipinski definition) is 3. The van der Waals surface area contributed by atoms with E-state index in [9.17, 15) is 27.2 Å². The Morgan fingerprint density at radius 3 is 2.56 bits per heavy atom. The molecule has 0 spiro atoms. The van der Waals surface area contributed by atoms with E-state index in [0.717, 1.165) is 22.9 Å². The maximum Gasteiger partial charge on any atom is 0.420 e. The molecule has 0 aliphatic carbocycles. The van der Waals surface area contributed by atoms with Crippen LogP contribution in [0.5, 0.6) is 0 Å². The summed E-state index contributed by atoms with van der Waals surface area (Å²) in [6.07, 6.45) is -3.86. The monoisotopic (exact) mass is 387 g/mol. The smallest absolute Gasteiger partial charge is 0.420 e. The van der Waals surface area contributed by atoms with Gasteiger partial charge < -0.3 is 10.4 Å². The Hall–Kier alpha value is -2.91. The highest BCUT2D eigenvalue weighted by atomic mass is 19.4. The lowest BCUT2D eigenvalue weighted by Crippen LogP contribution is -2.26. The number of aliphatic carboxylic acids is 1. The van der Waals surface area contributed by atoms with E-state index in [0.29, 0.717) is 12.6 Å². The van der Waals surface area contributed by atoms with Crippen molar-refractivity contribution >= 4 is 11.9 Å². The summed E-state index contributed by atoms with van der Waals surface area (Å²) in [6.45, 7) is 1.75. The average molecular weight is 387 g/mol. The Kier molecular flexibility index (Phi) is 6.19. The Labute approximate surface area is 151 Å². The van der Waals surface area contributed by atoms with Crippen molar-refractivity contribution in [1.29, 1.82) is 0 Å². The Bertz CT molecular complexity index is 846. The number of amides is 1. The molecule has 6 nitrogen and oxygen atoms in total. The third kappa shape index (κ3) is 5.05. The van der Waals surface area contributed by atoms with Gasteiger partial charge in [-0.3, -0.25) is 14.3 Å². The first-order valence-corrected chi connectivity index (χ1v) is 8.07. The van der Waals surface area contributed by atoms with E-state index in [1.807, 2.05) is 0 Å². The Morgan fingerprint density at radius 2 is 1.96 bits per heavy atom. The van der Waals surface area contributed by atoms with E-state index in [2.05, 4.69) is 10.4 Å². The molecule has 146 valence electrons. The van der Waals surface area contributed by atoms with Gasteiger partial charge in [0.05, 0.1) is 18.3 Å². The number of nitrogens with zero attached hydrogens (tertiary/aromatic N) is 2. The zero-order valence-corrected chi connectivity index (χ0v) is 14.3. The maximum atomic E-state index is 14.0. The molecule has 2 rings (SSSR count). The van der Waals surface area contributed by atoms with Gasteiger partial charge in [-0.1, -0.05) is 6.92 Å². The van der Waals surface area contributed by atoms with E-state index in [1.54, 1.807) is 6.92 Å². The summed E-state index contributed by atoms with van der Waals surface area (Å²) in [7, 11) is 0. The molecule has 0 atom stereocenters. The maximum absolute atomic E-state index is 14.0. The Morgan fingerprint density at radius 1 is 1.26 bits per heavy atom. The summed E-state index contributed by atoms with van der Waals surface area (Å²) in [5.74, 6) is -2.81. The van der Waals surface area contributed by atoms with Gasteiger partial charge in [0, 0.05) is 24.2 Å². The number of carboxylic acids is 1. The molecule has 10 heteroatoms. The second-order valence-corrected chi connectivity index (χ2v) is 5.76. The molecule has 0 aliphatic rings. The molecule has 1 aromatic heterocycles. The fraction of sp³-hybridized carbons (Fsp3) is 0.353. The molecule has 0 saturated carbocycles. The quantitative estimate of drug-likeness (QED) is 0.714. The van der Waals surface area contributed by atoms with Crippen molar-refractivity contribution in [2.24, 2.45) is 0 Å². The van der Waals surface area contributed by atoms with Crippen molar-refractivity contribution in [2.45, 2.75) is 32.5 Å². The lowest BCUT2D eigenvalue weighted by Gasteiger charge is -2.13. The van der Waals surface area contributed by atoms with Crippen LogP contribution in [-0.2, 0) is 17.5 Å². The van der Waals surface area contributed by atoms with Crippen LogP contribution in [0.25, 0.3) is 11.3 Å². The van der Waals surface area contributed by atoms with Crippen molar-refractivity contribution in [3.8, 4) is 11.3 Å². The van der Waals surface area contributed by atoms with Gasteiger partial charge in [-0.2, -0.15) is 18.3 Å². The molecular weight excluding hydrogens is 370 g/mol. The highest BCUT2D eigenvalue weighted by Gasteiger charge is 2.37. The van der Waals surface area contributed by atoms with E-state index < -0.39 is 29.4 Å². The van der Waals surface area contributed by atoms with Gasteiger partial charge >= 0.3 is 12.1 Å². The van der Waals surface area contributed by atoms with E-state index in [4.69, 9.17) is 5.11 Å². The molecule has 1 aromatic carbocycles. The molecule has 1 amide bonds. The van der Waals surface area contributed by atoms with Crippen molar-refractivity contribution in [1.82, 2.24) is 15.1 Å². The third-order valence-electron chi connectivity index (χ3n) is 3.64. The first kappa shape index (κ1) is 20.4. The molecule has 2 N–H and O–H groups in total. The zero-order valence-electron chi connectivity index (χ0n) is 14.3. The number of carboxylic acid groups (broad SMARTS) is 1. The normalized spacial score (nSPS) is 11.4. The minimum absolute atomic E-state index is 0.142. The summed E-state index contributed by atoms with van der Waals surface area (Å²) < 4.78 is 55.0. The summed E-state index contributed by atoms with van der Waals surface area (Å²) >= 11 is 0. The number of hydrogen-bond donors (Lipinski definition) is 2. The predicted octanol–water partition coefficient (Wildman–Crippen LogP) is 3.32. The lowest BCUT2D eigenvalue weighted by atomic mass is 10.0. The van der Waals surface area contributed by atoms with Gasteiger partial charge in [0.25, 0.3) is 5.91 Å². The number of nitrogens with one attached hydrogen (secondary N) is 1. The first-order valence-electron chi connectivity index (χ1n) is 8.07. The number of benzene rings is 1. The SMILES string of the molecule is CCCn1ncc(C(F)(F)F)c1-c1cc(F)cc(C(=O)NCCC(=O)O)c1. The topological polar surface area (TPSA) is 84.2 Å². The van der Waals surface area contributed by atoms with Crippen LogP contribution in [0.2, 0.25) is 0 Å². The van der Waals surface area contributed by atoms with E-state index in [-0.39, 0.29) is 36.3 Å². The molecule has 0 radical (unpaired) electrons. The summed E-state index contributed by atoms with van der Waals surface area (Å²) in [4.78, 5) is 22.6. The number of carbonyl (C=O) groups excluding carboxylic acids is 1. The molecule has 0 aliphatic heterocycles. The summed E-state index contributed by atoms with van der Waals surface area (Å²) in [6, 6.07) is 2.89. The molecule has 27 heavy (non-hydrogen) atoms. The van der Waals surface area contributed by atoms with Crippen LogP contribution in [0, 0.1) is 5.82 Å². The fourth-order valence-corrected chi connectivity index (χ4v) is 2.52. The highest BCUT2D eigenvalue weighted by Crippen LogP contribution is 2.37. The van der Waals surface area contributed by atoms with Crippen LogP contribution >= 0.6 is 0 Å². The van der Waals surface area contributed by atoms with Crippen LogP contribution in [0.1, 0.15) is 35.7 Å². The Balaban J connectivity index is 2.45. The van der Waals surface area contributed by atoms with Crippen LogP contribution in [0.4, 0.5) is 17.6 Å². The van der Waals surface area contributed by atoms with Crippen LogP contribution in [-0.4, -0.2) is 33.3 Å². The number of carbonyl (C=O) groups is 2. The van der Waals surface area contributed by atoms with Crippen molar-refractivity contribution < 1.29 is 32.3 Å². The van der Waals surface area contributed by atoms with Gasteiger partial charge in [0.1, 0.15) is 11.4 Å². The molecule has 0 saturated heterocycles. The average Bonchev–Trinajstić information content (AvgIpc) is 2.98. The standard InChI is InChI=1S/C17H17F4N3O3/c1-2-5-24-15(13(9-23-24)17(19,20)21)10-6-11(8-12(18)7-10)16(27)22-4-3-14(25)26/h6-9H,2-5H2,1H3,(H,22,27)(H,25,26). The fourth-order valence-electron chi connectivity index (χ4n) is 2.52. The van der Waals surface area contributed by atoms with Crippen molar-refractivity contribution in [3.05, 3.63) is 41.3 Å². The minimum Gasteiger partial charge on any atom is -0.481 e. The summed E-state index contributed by atoms with van der Waals surface area (Å²) in [5.41, 5.74) is -1.72. The molecule has 0 bridgehead atoms. The number of aromatic nitrogens is 2. The minimum atomic E-state index is -4.70. The molecule has 0 unspecified atom stereocenters. The number of halogens is 4. The second-order valence-electron chi connectivity index (χ2n) is 5.76. The van der Waals surface area contributed by atoms with Gasteiger partial charge in [0.15, 0.2) is 0 Å². The van der Waals surface area contributed by atoms with Crippen LogP contribution < -0.4 is 5.32 Å². The molecular formula is C17H17F4N3O3. The van der Waals surface area contributed by atoms with E-state index in [1.165, 1.54) is 0 Å². The number of rotatable bonds is 7. The first-order chi connectivity index (χ1) is 12.6. The second kappa shape index (κ2) is 8.19. The van der Waals surface area contributed by atoms with Crippen molar-refractivity contribution in [3.63, 3.8) is 0 Å². The van der Waals surface area contributed by atoms with Gasteiger partial charge in [-0.25, -0.2) is 4.39 Å². The molecule has 0 fully saturated rings. The number of alkyl halides is 3.